The van der Waals surface area contributed by atoms with Gasteiger partial charge in [0.05, 0.1) is 0 Å². The van der Waals surface area contributed by atoms with E-state index in [1.807, 2.05) is 28.8 Å². The Morgan fingerprint density at radius 1 is 1.32 bits per heavy atom. The van der Waals surface area contributed by atoms with Crippen molar-refractivity contribution in [2.45, 2.75) is 25.7 Å². The third-order valence-corrected chi connectivity index (χ3v) is 4.57. The summed E-state index contributed by atoms with van der Waals surface area (Å²) in [6, 6.07) is 5.75. The highest BCUT2D eigenvalue weighted by molar-refractivity contribution is 5.93. The van der Waals surface area contributed by atoms with Crippen LogP contribution in [0.1, 0.15) is 40.8 Å². The SMILES string of the molecule is Cc1ncc(C(=O)N2CCCC(c3nnc4ccccn34)C2)c(=O)[nH]1. The molecule has 3 aromatic heterocycles. The number of carbonyl (C=O) groups is 1. The van der Waals surface area contributed by atoms with E-state index in [1.54, 1.807) is 11.8 Å². The molecule has 1 N–H and O–H groups in total. The Balaban J connectivity index is 1.60. The first-order valence-corrected chi connectivity index (χ1v) is 8.28. The van der Waals surface area contributed by atoms with Gasteiger partial charge in [0, 0.05) is 31.4 Å². The predicted octanol–water partition coefficient (Wildman–Crippen LogP) is 1.14. The Morgan fingerprint density at radius 2 is 2.20 bits per heavy atom. The van der Waals surface area contributed by atoms with Gasteiger partial charge in [-0.3, -0.25) is 14.0 Å². The quantitative estimate of drug-likeness (QED) is 0.756. The topological polar surface area (TPSA) is 96.2 Å². The van der Waals surface area contributed by atoms with Gasteiger partial charge in [-0.15, -0.1) is 10.2 Å². The van der Waals surface area contributed by atoms with Gasteiger partial charge in [0.15, 0.2) is 5.65 Å². The standard InChI is InChI=1S/C17H18N6O2/c1-11-18-9-13(16(24)19-11)17(25)22-7-4-5-12(10-22)15-21-20-14-6-2-3-8-23(14)15/h2-3,6,8-9,12H,4-5,7,10H2,1H3,(H,18,19,24). The number of pyridine rings is 1. The van der Waals surface area contributed by atoms with Crippen molar-refractivity contribution < 1.29 is 4.79 Å². The lowest BCUT2D eigenvalue weighted by Gasteiger charge is -2.31. The molecule has 4 heterocycles. The third-order valence-electron chi connectivity index (χ3n) is 4.57. The molecule has 1 aliphatic rings. The van der Waals surface area contributed by atoms with E-state index in [0.29, 0.717) is 18.9 Å². The van der Waals surface area contributed by atoms with Crippen molar-refractivity contribution in [3.63, 3.8) is 0 Å². The lowest BCUT2D eigenvalue weighted by atomic mass is 9.96. The molecule has 0 spiro atoms. The Kier molecular flexibility index (Phi) is 3.79. The van der Waals surface area contributed by atoms with Gasteiger partial charge in [0.1, 0.15) is 17.2 Å². The number of likely N-dealkylation sites (tertiary alicyclic amines) is 1. The minimum Gasteiger partial charge on any atom is -0.338 e. The van der Waals surface area contributed by atoms with E-state index in [2.05, 4.69) is 20.2 Å². The summed E-state index contributed by atoms with van der Waals surface area (Å²) in [6.07, 6.45) is 5.07. The third kappa shape index (κ3) is 2.79. The summed E-state index contributed by atoms with van der Waals surface area (Å²) in [5.74, 6) is 1.15. The minimum atomic E-state index is -0.396. The molecule has 1 fully saturated rings. The highest BCUT2D eigenvalue weighted by Crippen LogP contribution is 2.26. The summed E-state index contributed by atoms with van der Waals surface area (Å²) >= 11 is 0. The van der Waals surface area contributed by atoms with Crippen LogP contribution in [0.2, 0.25) is 0 Å². The van der Waals surface area contributed by atoms with Gasteiger partial charge < -0.3 is 9.88 Å². The first kappa shape index (κ1) is 15.5. The molecule has 4 rings (SSSR count). The predicted molar refractivity (Wildman–Crippen MR) is 90.5 cm³/mol. The van der Waals surface area contributed by atoms with Crippen LogP contribution in [0.4, 0.5) is 0 Å². The molecule has 1 aliphatic heterocycles. The number of hydrogen-bond acceptors (Lipinski definition) is 5. The van der Waals surface area contributed by atoms with Crippen LogP contribution in [0.5, 0.6) is 0 Å². The second-order valence-corrected chi connectivity index (χ2v) is 6.29. The van der Waals surface area contributed by atoms with Crippen LogP contribution in [-0.4, -0.2) is 48.5 Å². The van der Waals surface area contributed by atoms with Crippen LogP contribution >= 0.6 is 0 Å². The normalized spacial score (nSPS) is 17.8. The van der Waals surface area contributed by atoms with E-state index in [1.165, 1.54) is 6.20 Å². The minimum absolute atomic E-state index is 0.0809. The van der Waals surface area contributed by atoms with Gasteiger partial charge in [0.2, 0.25) is 0 Å². The number of H-pyrrole nitrogens is 1. The molecular weight excluding hydrogens is 320 g/mol. The molecule has 25 heavy (non-hydrogen) atoms. The van der Waals surface area contributed by atoms with Crippen molar-refractivity contribution in [3.8, 4) is 0 Å². The largest absolute Gasteiger partial charge is 0.338 e. The molecule has 8 nitrogen and oxygen atoms in total. The highest BCUT2D eigenvalue weighted by Gasteiger charge is 2.29. The average molecular weight is 338 g/mol. The molecule has 0 aromatic carbocycles. The average Bonchev–Trinajstić information content (AvgIpc) is 3.05. The molecule has 0 bridgehead atoms. The number of nitrogens with zero attached hydrogens (tertiary/aromatic N) is 5. The number of aryl methyl sites for hydroxylation is 1. The van der Waals surface area contributed by atoms with Crippen molar-refractivity contribution in [2.75, 3.05) is 13.1 Å². The Hall–Kier alpha value is -3.03. The van der Waals surface area contributed by atoms with Crippen LogP contribution in [0.15, 0.2) is 35.4 Å². The fourth-order valence-electron chi connectivity index (χ4n) is 3.32. The van der Waals surface area contributed by atoms with E-state index < -0.39 is 5.56 Å². The van der Waals surface area contributed by atoms with Gasteiger partial charge in [-0.25, -0.2) is 4.98 Å². The summed E-state index contributed by atoms with van der Waals surface area (Å²) in [5.41, 5.74) is 0.477. The Labute approximate surface area is 143 Å². The lowest BCUT2D eigenvalue weighted by Crippen LogP contribution is -2.41. The lowest BCUT2D eigenvalue weighted by molar-refractivity contribution is 0.0702. The van der Waals surface area contributed by atoms with Gasteiger partial charge in [-0.1, -0.05) is 6.07 Å². The molecule has 1 saturated heterocycles. The zero-order chi connectivity index (χ0) is 17.4. The fraction of sp³-hybridized carbons (Fsp3) is 0.353. The smallest absolute Gasteiger partial charge is 0.263 e. The van der Waals surface area contributed by atoms with E-state index in [0.717, 1.165) is 24.3 Å². The molecule has 128 valence electrons. The molecule has 1 unspecified atom stereocenters. The maximum atomic E-state index is 12.7. The number of carbonyl (C=O) groups excluding carboxylic acids is 1. The molecule has 0 radical (unpaired) electrons. The van der Waals surface area contributed by atoms with Gasteiger partial charge >= 0.3 is 0 Å². The van der Waals surface area contributed by atoms with Crippen LogP contribution < -0.4 is 5.56 Å². The molecule has 0 aliphatic carbocycles. The first-order chi connectivity index (χ1) is 12.1. The number of fused-ring (bicyclic) bond motifs is 1. The van der Waals surface area contributed by atoms with Crippen molar-refractivity contribution in [1.82, 2.24) is 29.5 Å². The number of hydrogen-bond donors (Lipinski definition) is 1. The molecule has 1 atom stereocenters. The molecule has 8 heteroatoms. The van der Waals surface area contributed by atoms with Gasteiger partial charge in [-0.2, -0.15) is 0 Å². The number of piperidine rings is 1. The maximum Gasteiger partial charge on any atom is 0.263 e. The Morgan fingerprint density at radius 3 is 3.04 bits per heavy atom. The van der Waals surface area contributed by atoms with Crippen LogP contribution in [-0.2, 0) is 0 Å². The van der Waals surface area contributed by atoms with E-state index in [9.17, 15) is 9.59 Å². The van der Waals surface area contributed by atoms with E-state index >= 15 is 0 Å². The van der Waals surface area contributed by atoms with Crippen LogP contribution in [0.25, 0.3) is 5.65 Å². The number of aromatic amines is 1. The number of nitrogens with one attached hydrogen (secondary N) is 1. The second kappa shape index (κ2) is 6.12. The maximum absolute atomic E-state index is 12.7. The molecule has 3 aromatic rings. The summed E-state index contributed by atoms with van der Waals surface area (Å²) in [4.78, 5) is 33.1. The van der Waals surface area contributed by atoms with Crippen molar-refractivity contribution in [3.05, 3.63) is 58.2 Å². The Bertz CT molecular complexity index is 992. The zero-order valence-electron chi connectivity index (χ0n) is 13.8. The van der Waals surface area contributed by atoms with Crippen molar-refractivity contribution >= 4 is 11.6 Å². The molecule has 1 amide bonds. The van der Waals surface area contributed by atoms with Crippen LogP contribution in [0.3, 0.4) is 0 Å². The second-order valence-electron chi connectivity index (χ2n) is 6.29. The molecular formula is C17H18N6O2. The highest BCUT2D eigenvalue weighted by atomic mass is 16.2. The monoisotopic (exact) mass is 338 g/mol. The number of aromatic nitrogens is 5. The summed E-state index contributed by atoms with van der Waals surface area (Å²) in [7, 11) is 0. The molecule has 0 saturated carbocycles. The summed E-state index contributed by atoms with van der Waals surface area (Å²) in [6.45, 7) is 2.82. The van der Waals surface area contributed by atoms with Gasteiger partial charge in [-0.05, 0) is 31.9 Å². The zero-order valence-corrected chi connectivity index (χ0v) is 13.8. The van der Waals surface area contributed by atoms with Gasteiger partial charge in [0.25, 0.3) is 11.5 Å². The van der Waals surface area contributed by atoms with E-state index in [-0.39, 0.29) is 17.4 Å². The fourth-order valence-corrected chi connectivity index (χ4v) is 3.32. The summed E-state index contributed by atoms with van der Waals surface area (Å²) < 4.78 is 1.96. The first-order valence-electron chi connectivity index (χ1n) is 8.28. The number of rotatable bonds is 2. The summed E-state index contributed by atoms with van der Waals surface area (Å²) in [5, 5.41) is 8.50. The van der Waals surface area contributed by atoms with Crippen molar-refractivity contribution in [2.24, 2.45) is 0 Å². The van der Waals surface area contributed by atoms with Crippen LogP contribution in [0, 0.1) is 6.92 Å². The van der Waals surface area contributed by atoms with Crippen molar-refractivity contribution in [1.29, 1.82) is 0 Å². The number of amides is 1. The van der Waals surface area contributed by atoms with E-state index in [4.69, 9.17) is 0 Å².